The van der Waals surface area contributed by atoms with Crippen LogP contribution in [0.2, 0.25) is 0 Å². The lowest BCUT2D eigenvalue weighted by molar-refractivity contribution is 0.0979. The predicted octanol–water partition coefficient (Wildman–Crippen LogP) is 6.38. The molecule has 39 heavy (non-hydrogen) atoms. The lowest BCUT2D eigenvalue weighted by atomic mass is 10.1. The van der Waals surface area contributed by atoms with Gasteiger partial charge in [-0.05, 0) is 65.7 Å². The summed E-state index contributed by atoms with van der Waals surface area (Å²) in [4.78, 5) is 20.0. The number of fused-ring (bicyclic) bond motifs is 1. The van der Waals surface area contributed by atoms with E-state index in [0.29, 0.717) is 33.9 Å². The summed E-state index contributed by atoms with van der Waals surface area (Å²) in [5.74, 6) is 2.28. The van der Waals surface area contributed by atoms with Gasteiger partial charge in [-0.3, -0.25) is 9.69 Å². The summed E-state index contributed by atoms with van der Waals surface area (Å²) >= 11 is 0. The fourth-order valence-electron chi connectivity index (χ4n) is 4.28. The van der Waals surface area contributed by atoms with E-state index in [0.717, 1.165) is 22.4 Å². The Kier molecular flexibility index (Phi) is 7.36. The number of hydrogen-bond donors (Lipinski definition) is 0. The maximum atomic E-state index is 13.9. The van der Waals surface area contributed by atoms with Crippen molar-refractivity contribution in [2.75, 3.05) is 33.3 Å². The number of aromatic nitrogens is 1. The predicted molar refractivity (Wildman–Crippen MR) is 149 cm³/mol. The molecule has 0 spiro atoms. The zero-order chi connectivity index (χ0) is 27.4. The quantitative estimate of drug-likeness (QED) is 0.221. The number of benzene rings is 4. The molecule has 0 aliphatic heterocycles. The zero-order valence-electron chi connectivity index (χ0n) is 22.1. The number of carbonyl (C=O) groups is 1. The molecule has 0 aliphatic rings. The molecule has 0 radical (unpaired) electrons. The molecule has 5 aromatic rings. The molecule has 0 atom stereocenters. The van der Waals surface area contributed by atoms with Gasteiger partial charge in [-0.25, -0.2) is 0 Å². The van der Waals surface area contributed by atoms with Gasteiger partial charge < -0.3 is 23.4 Å². The molecule has 1 amide bonds. The van der Waals surface area contributed by atoms with Crippen LogP contribution < -0.4 is 23.8 Å². The maximum Gasteiger partial charge on any atom is 0.305 e. The number of amides is 1. The summed E-state index contributed by atoms with van der Waals surface area (Å²) < 4.78 is 27.7. The Morgan fingerprint density at radius 2 is 1.44 bits per heavy atom. The van der Waals surface area contributed by atoms with E-state index in [1.165, 1.54) is 4.90 Å². The second kappa shape index (κ2) is 11.2. The molecular weight excluding hydrogens is 496 g/mol. The fourth-order valence-corrected chi connectivity index (χ4v) is 4.28. The van der Waals surface area contributed by atoms with Crippen molar-refractivity contribution in [1.29, 1.82) is 0 Å². The monoisotopic (exact) mass is 524 g/mol. The first-order chi connectivity index (χ1) is 19.0. The van der Waals surface area contributed by atoms with E-state index in [4.69, 9.17) is 23.4 Å². The van der Waals surface area contributed by atoms with E-state index in [-0.39, 0.29) is 18.5 Å². The van der Waals surface area contributed by atoms with Crippen molar-refractivity contribution in [2.45, 2.75) is 6.54 Å². The van der Waals surface area contributed by atoms with Crippen molar-refractivity contribution in [1.82, 2.24) is 4.98 Å². The molecule has 1 aromatic heterocycles. The lowest BCUT2D eigenvalue weighted by Crippen LogP contribution is -2.31. The molecule has 8 heteroatoms. The Labute approximate surface area is 226 Å². The van der Waals surface area contributed by atoms with Crippen LogP contribution in [-0.4, -0.2) is 39.3 Å². The minimum Gasteiger partial charge on any atom is -0.497 e. The maximum absolute atomic E-state index is 13.9. The Morgan fingerprint density at radius 3 is 2.15 bits per heavy atom. The van der Waals surface area contributed by atoms with E-state index in [1.54, 1.807) is 58.8 Å². The number of ether oxygens (including phenoxy) is 4. The largest absolute Gasteiger partial charge is 0.497 e. The van der Waals surface area contributed by atoms with Gasteiger partial charge in [0.25, 0.3) is 5.91 Å². The summed E-state index contributed by atoms with van der Waals surface area (Å²) in [6, 6.07) is 26.1. The highest BCUT2D eigenvalue weighted by atomic mass is 16.5. The van der Waals surface area contributed by atoms with Gasteiger partial charge in [0.15, 0.2) is 5.58 Å². The highest BCUT2D eigenvalue weighted by molar-refractivity contribution is 6.05. The smallest absolute Gasteiger partial charge is 0.305 e. The van der Waals surface area contributed by atoms with Gasteiger partial charge in [0.05, 0.1) is 35.0 Å². The second-order valence-electron chi connectivity index (χ2n) is 8.71. The van der Waals surface area contributed by atoms with Crippen LogP contribution in [0.4, 0.5) is 6.01 Å². The van der Waals surface area contributed by atoms with Crippen molar-refractivity contribution < 1.29 is 28.2 Å². The van der Waals surface area contributed by atoms with Crippen LogP contribution in [0.5, 0.6) is 23.0 Å². The standard InChI is InChI=1S/C31H28N2O6/c1-35-24-12-8-20(9-13-24)21-11-15-27-29(17-21)39-31(32-27)33(30(34)22-6-5-7-25(16-22)36-2)19-23-10-14-26(37-3)18-28(23)38-4/h5-18H,19H2,1-4H3. The highest BCUT2D eigenvalue weighted by Gasteiger charge is 2.25. The topological polar surface area (TPSA) is 83.3 Å². The molecule has 1 heterocycles. The van der Waals surface area contributed by atoms with E-state index in [2.05, 4.69) is 4.98 Å². The first-order valence-electron chi connectivity index (χ1n) is 12.2. The molecule has 5 rings (SSSR count). The molecule has 198 valence electrons. The van der Waals surface area contributed by atoms with Gasteiger partial charge in [0.2, 0.25) is 0 Å². The van der Waals surface area contributed by atoms with Crippen molar-refractivity contribution in [3.63, 3.8) is 0 Å². The first kappa shape index (κ1) is 25.7. The highest BCUT2D eigenvalue weighted by Crippen LogP contribution is 2.32. The number of anilines is 1. The molecule has 0 aliphatic carbocycles. The fraction of sp³-hybridized carbons (Fsp3) is 0.161. The van der Waals surface area contributed by atoms with Crippen LogP contribution in [0.1, 0.15) is 15.9 Å². The van der Waals surface area contributed by atoms with E-state index < -0.39 is 0 Å². The van der Waals surface area contributed by atoms with Gasteiger partial charge in [0, 0.05) is 17.2 Å². The number of oxazole rings is 1. The first-order valence-corrected chi connectivity index (χ1v) is 12.2. The average molecular weight is 525 g/mol. The molecule has 4 aromatic carbocycles. The molecule has 8 nitrogen and oxygen atoms in total. The number of methoxy groups -OCH3 is 4. The molecule has 0 bridgehead atoms. The third kappa shape index (κ3) is 5.36. The second-order valence-corrected chi connectivity index (χ2v) is 8.71. The van der Waals surface area contributed by atoms with Crippen LogP contribution >= 0.6 is 0 Å². The SMILES string of the molecule is COc1ccc(-c2ccc3nc(N(Cc4ccc(OC)cc4OC)C(=O)c4cccc(OC)c4)oc3c2)cc1. The minimum atomic E-state index is -0.297. The van der Waals surface area contributed by atoms with Crippen molar-refractivity contribution in [3.05, 3.63) is 96.1 Å². The molecule has 0 saturated carbocycles. The van der Waals surface area contributed by atoms with Gasteiger partial charge in [0.1, 0.15) is 28.5 Å². The summed E-state index contributed by atoms with van der Waals surface area (Å²) in [7, 11) is 6.36. The Balaban J connectivity index is 1.56. The Hall–Kier alpha value is -4.98. The summed E-state index contributed by atoms with van der Waals surface area (Å²) in [5.41, 5.74) is 4.34. The molecule has 0 unspecified atom stereocenters. The summed E-state index contributed by atoms with van der Waals surface area (Å²) in [6.07, 6.45) is 0. The molecule has 0 saturated heterocycles. The van der Waals surface area contributed by atoms with E-state index >= 15 is 0 Å². The third-order valence-corrected chi connectivity index (χ3v) is 6.42. The van der Waals surface area contributed by atoms with Crippen molar-refractivity contribution >= 4 is 23.0 Å². The van der Waals surface area contributed by atoms with Gasteiger partial charge in [-0.1, -0.05) is 24.3 Å². The van der Waals surface area contributed by atoms with Crippen molar-refractivity contribution in [3.8, 4) is 34.1 Å². The van der Waals surface area contributed by atoms with Crippen LogP contribution in [0.15, 0.2) is 89.3 Å². The normalized spacial score (nSPS) is 10.8. The molecule has 0 N–H and O–H groups in total. The number of hydrogen-bond acceptors (Lipinski definition) is 7. The Bertz CT molecular complexity index is 1610. The van der Waals surface area contributed by atoms with Crippen molar-refractivity contribution in [2.24, 2.45) is 0 Å². The van der Waals surface area contributed by atoms with Crippen LogP contribution in [0.3, 0.4) is 0 Å². The summed E-state index contributed by atoms with van der Waals surface area (Å²) in [5, 5.41) is 0. The molecule has 0 fully saturated rings. The Morgan fingerprint density at radius 1 is 0.744 bits per heavy atom. The van der Waals surface area contributed by atoms with E-state index in [1.807, 2.05) is 54.6 Å². The van der Waals surface area contributed by atoms with Gasteiger partial charge >= 0.3 is 6.01 Å². The zero-order valence-corrected chi connectivity index (χ0v) is 22.1. The number of carbonyl (C=O) groups excluding carboxylic acids is 1. The van der Waals surface area contributed by atoms with E-state index in [9.17, 15) is 4.79 Å². The third-order valence-electron chi connectivity index (χ3n) is 6.42. The summed E-state index contributed by atoms with van der Waals surface area (Å²) in [6.45, 7) is 0.154. The number of rotatable bonds is 9. The number of nitrogens with zero attached hydrogens (tertiary/aromatic N) is 2. The van der Waals surface area contributed by atoms with Gasteiger partial charge in [-0.15, -0.1) is 0 Å². The molecular formula is C31H28N2O6. The van der Waals surface area contributed by atoms with Crippen LogP contribution in [-0.2, 0) is 6.54 Å². The van der Waals surface area contributed by atoms with Crippen LogP contribution in [0.25, 0.3) is 22.2 Å². The lowest BCUT2D eigenvalue weighted by Gasteiger charge is -2.21. The van der Waals surface area contributed by atoms with Crippen LogP contribution in [0, 0.1) is 0 Å². The minimum absolute atomic E-state index is 0.154. The average Bonchev–Trinajstić information content (AvgIpc) is 3.42. The van der Waals surface area contributed by atoms with Gasteiger partial charge in [-0.2, -0.15) is 4.98 Å².